The van der Waals surface area contributed by atoms with Crippen LogP contribution in [-0.4, -0.2) is 69.1 Å². The molecule has 7 nitrogen and oxygen atoms in total. The zero-order valence-electron chi connectivity index (χ0n) is 17.9. The molecule has 0 saturated carbocycles. The fourth-order valence-corrected chi connectivity index (χ4v) is 4.45. The third kappa shape index (κ3) is 6.73. The van der Waals surface area contributed by atoms with E-state index in [1.807, 2.05) is 17.0 Å². The number of halogens is 2. The number of amides is 1. The Morgan fingerprint density at radius 3 is 2.34 bits per heavy atom. The average molecular weight is 483 g/mol. The molecule has 0 radical (unpaired) electrons. The van der Waals surface area contributed by atoms with E-state index in [0.717, 1.165) is 11.8 Å². The first-order chi connectivity index (χ1) is 15.1. The van der Waals surface area contributed by atoms with Crippen molar-refractivity contribution in [2.75, 3.05) is 39.0 Å². The molecule has 0 aliphatic carbocycles. The predicted octanol–water partition coefficient (Wildman–Crippen LogP) is 1.78. The van der Waals surface area contributed by atoms with Crippen LogP contribution >= 0.6 is 11.6 Å². The molecule has 1 aliphatic rings. The van der Waals surface area contributed by atoms with E-state index < -0.39 is 27.9 Å². The van der Waals surface area contributed by atoms with Crippen molar-refractivity contribution < 1.29 is 17.6 Å². The monoisotopic (exact) mass is 482 g/mol. The van der Waals surface area contributed by atoms with Gasteiger partial charge in [0.2, 0.25) is 15.9 Å². The summed E-state index contributed by atoms with van der Waals surface area (Å²) in [6.45, 7) is 1.85. The number of hydrogen-bond donors (Lipinski definition) is 2. The standard InChI is InChI=1S/C22H28ClFN4O3S/c1-32(30,31)26-15-21(18-4-2-3-5-19(18)24)27-10-12-28(13-11-27)22(29)20(25)14-16-6-8-17(23)9-7-16/h2-9,20-21,26H,10-15,25H2,1H3. The number of rotatable bonds is 8. The van der Waals surface area contributed by atoms with Gasteiger partial charge < -0.3 is 10.6 Å². The van der Waals surface area contributed by atoms with Gasteiger partial charge in [-0.2, -0.15) is 0 Å². The number of piperazine rings is 1. The molecule has 174 valence electrons. The largest absolute Gasteiger partial charge is 0.339 e. The van der Waals surface area contributed by atoms with Crippen LogP contribution in [0.3, 0.4) is 0 Å². The average Bonchev–Trinajstić information content (AvgIpc) is 2.76. The van der Waals surface area contributed by atoms with Crippen LogP contribution in [0.5, 0.6) is 0 Å². The lowest BCUT2D eigenvalue weighted by Gasteiger charge is -2.40. The Labute approximate surface area is 193 Å². The third-order valence-corrected chi connectivity index (χ3v) is 6.50. The third-order valence-electron chi connectivity index (χ3n) is 5.56. The van der Waals surface area contributed by atoms with E-state index >= 15 is 0 Å². The quantitative estimate of drug-likeness (QED) is 0.598. The zero-order valence-corrected chi connectivity index (χ0v) is 19.4. The van der Waals surface area contributed by atoms with Crippen molar-refractivity contribution in [1.82, 2.24) is 14.5 Å². The van der Waals surface area contributed by atoms with Crippen LogP contribution in [0.15, 0.2) is 48.5 Å². The summed E-state index contributed by atoms with van der Waals surface area (Å²) in [4.78, 5) is 16.5. The summed E-state index contributed by atoms with van der Waals surface area (Å²) in [6, 6.07) is 12.4. The SMILES string of the molecule is CS(=O)(=O)NCC(c1ccccc1F)N1CCN(C(=O)C(N)Cc2ccc(Cl)cc2)CC1. The van der Waals surface area contributed by atoms with Gasteiger partial charge in [-0.1, -0.05) is 41.9 Å². The number of benzene rings is 2. The molecule has 10 heteroatoms. The van der Waals surface area contributed by atoms with Crippen LogP contribution in [0.1, 0.15) is 17.2 Å². The van der Waals surface area contributed by atoms with Gasteiger partial charge >= 0.3 is 0 Å². The second-order valence-electron chi connectivity index (χ2n) is 7.96. The molecule has 3 rings (SSSR count). The van der Waals surface area contributed by atoms with Crippen LogP contribution in [0.4, 0.5) is 4.39 Å². The van der Waals surface area contributed by atoms with E-state index in [1.54, 1.807) is 35.2 Å². The number of nitrogens with two attached hydrogens (primary N) is 1. The Morgan fingerprint density at radius 2 is 1.75 bits per heavy atom. The molecule has 2 atom stereocenters. The maximum absolute atomic E-state index is 14.5. The van der Waals surface area contributed by atoms with Crippen molar-refractivity contribution in [1.29, 1.82) is 0 Å². The summed E-state index contributed by atoms with van der Waals surface area (Å²) in [5, 5.41) is 0.625. The highest BCUT2D eigenvalue weighted by Gasteiger charge is 2.30. The molecule has 2 aromatic carbocycles. The first-order valence-corrected chi connectivity index (χ1v) is 12.6. The molecule has 1 saturated heterocycles. The van der Waals surface area contributed by atoms with E-state index in [4.69, 9.17) is 17.3 Å². The molecule has 1 amide bonds. The molecule has 2 unspecified atom stereocenters. The highest BCUT2D eigenvalue weighted by molar-refractivity contribution is 7.88. The van der Waals surface area contributed by atoms with Crippen molar-refractivity contribution in [3.8, 4) is 0 Å². The van der Waals surface area contributed by atoms with Crippen LogP contribution in [0.25, 0.3) is 0 Å². The van der Waals surface area contributed by atoms with Crippen LogP contribution in [0, 0.1) is 5.82 Å². The molecule has 1 aliphatic heterocycles. The molecular weight excluding hydrogens is 455 g/mol. The maximum atomic E-state index is 14.5. The van der Waals surface area contributed by atoms with Crippen molar-refractivity contribution in [3.63, 3.8) is 0 Å². The molecule has 32 heavy (non-hydrogen) atoms. The molecular formula is C22H28ClFN4O3S. The van der Waals surface area contributed by atoms with Gasteiger partial charge in [0.25, 0.3) is 0 Å². The lowest BCUT2D eigenvalue weighted by molar-refractivity contribution is -0.134. The minimum atomic E-state index is -3.44. The van der Waals surface area contributed by atoms with Crippen LogP contribution in [0.2, 0.25) is 5.02 Å². The fraction of sp³-hybridized carbons (Fsp3) is 0.409. The normalized spacial score (nSPS) is 17.2. The number of sulfonamides is 1. The second kappa shape index (κ2) is 10.7. The van der Waals surface area contributed by atoms with Gasteiger partial charge in [-0.05, 0) is 30.2 Å². The maximum Gasteiger partial charge on any atom is 0.239 e. The number of carbonyl (C=O) groups excluding carboxylic acids is 1. The van der Waals surface area contributed by atoms with Gasteiger partial charge in [-0.25, -0.2) is 17.5 Å². The molecule has 0 spiro atoms. The molecule has 1 heterocycles. The summed E-state index contributed by atoms with van der Waals surface area (Å²) in [7, 11) is -3.44. The minimum absolute atomic E-state index is 0.0454. The number of nitrogens with zero attached hydrogens (tertiary/aromatic N) is 2. The van der Waals surface area contributed by atoms with E-state index in [-0.39, 0.29) is 12.5 Å². The number of hydrogen-bond acceptors (Lipinski definition) is 5. The predicted molar refractivity (Wildman–Crippen MR) is 123 cm³/mol. The lowest BCUT2D eigenvalue weighted by atomic mass is 10.0. The molecule has 3 N–H and O–H groups in total. The Kier molecular flexibility index (Phi) is 8.24. The van der Waals surface area contributed by atoms with Crippen LogP contribution in [-0.2, 0) is 21.2 Å². The summed E-state index contributed by atoms with van der Waals surface area (Å²) in [6.07, 6.45) is 1.48. The smallest absolute Gasteiger partial charge is 0.239 e. The second-order valence-corrected chi connectivity index (χ2v) is 10.2. The fourth-order valence-electron chi connectivity index (χ4n) is 3.86. The van der Waals surface area contributed by atoms with E-state index in [0.29, 0.717) is 43.2 Å². The Balaban J connectivity index is 1.63. The van der Waals surface area contributed by atoms with Crippen molar-refractivity contribution in [2.45, 2.75) is 18.5 Å². The van der Waals surface area contributed by atoms with E-state index in [2.05, 4.69) is 4.72 Å². The van der Waals surface area contributed by atoms with E-state index in [1.165, 1.54) is 6.07 Å². The summed E-state index contributed by atoms with van der Waals surface area (Å²) in [5.74, 6) is -0.535. The number of carbonyl (C=O) groups is 1. The van der Waals surface area contributed by atoms with Gasteiger partial charge in [0.15, 0.2) is 0 Å². The minimum Gasteiger partial charge on any atom is -0.339 e. The summed E-state index contributed by atoms with van der Waals surface area (Å²) >= 11 is 5.90. The molecule has 2 aromatic rings. The Hall–Kier alpha value is -2.04. The van der Waals surface area contributed by atoms with E-state index in [9.17, 15) is 17.6 Å². The van der Waals surface area contributed by atoms with Gasteiger partial charge in [0.05, 0.1) is 18.3 Å². The molecule has 0 bridgehead atoms. The summed E-state index contributed by atoms with van der Waals surface area (Å²) in [5.41, 5.74) is 7.51. The zero-order chi connectivity index (χ0) is 23.3. The topological polar surface area (TPSA) is 95.7 Å². The molecule has 1 fully saturated rings. The highest BCUT2D eigenvalue weighted by atomic mass is 35.5. The first-order valence-electron chi connectivity index (χ1n) is 10.4. The van der Waals surface area contributed by atoms with Gasteiger partial charge in [0.1, 0.15) is 5.82 Å². The van der Waals surface area contributed by atoms with Crippen LogP contribution < -0.4 is 10.5 Å². The van der Waals surface area contributed by atoms with Gasteiger partial charge in [-0.3, -0.25) is 9.69 Å². The van der Waals surface area contributed by atoms with Gasteiger partial charge in [0, 0.05) is 43.3 Å². The van der Waals surface area contributed by atoms with Crippen molar-refractivity contribution >= 4 is 27.5 Å². The highest BCUT2D eigenvalue weighted by Crippen LogP contribution is 2.24. The Morgan fingerprint density at radius 1 is 1.12 bits per heavy atom. The first kappa shape index (κ1) is 24.6. The summed E-state index contributed by atoms with van der Waals surface area (Å²) < 4.78 is 40.2. The van der Waals surface area contributed by atoms with Crippen molar-refractivity contribution in [2.24, 2.45) is 5.73 Å². The van der Waals surface area contributed by atoms with Crippen molar-refractivity contribution in [3.05, 3.63) is 70.5 Å². The number of nitrogens with one attached hydrogen (secondary N) is 1. The lowest BCUT2D eigenvalue weighted by Crippen LogP contribution is -2.55. The van der Waals surface area contributed by atoms with Gasteiger partial charge in [-0.15, -0.1) is 0 Å². The molecule has 0 aromatic heterocycles. The Bertz CT molecular complexity index is 1030.